The minimum atomic E-state index is -0.556. The van der Waals surface area contributed by atoms with E-state index in [1.54, 1.807) is 13.2 Å². The Morgan fingerprint density at radius 1 is 1.05 bits per heavy atom. The van der Waals surface area contributed by atoms with E-state index in [0.29, 0.717) is 12.3 Å². The number of hydrogen-bond donors (Lipinski definition) is 2. The molecular weight excluding hydrogens is 266 g/mol. The summed E-state index contributed by atoms with van der Waals surface area (Å²) in [5.41, 5.74) is 1.19. The number of ether oxygens (including phenoxy) is 2. The second kappa shape index (κ2) is 8.29. The van der Waals surface area contributed by atoms with E-state index in [4.69, 9.17) is 9.47 Å². The summed E-state index contributed by atoms with van der Waals surface area (Å²) in [5.74, 6) is 1.43. The molecular formula is C17H21NO3. The molecule has 0 bridgehead atoms. The third-order valence-corrected chi connectivity index (χ3v) is 3.04. The lowest BCUT2D eigenvalue weighted by atomic mass is 10.2. The van der Waals surface area contributed by atoms with Crippen molar-refractivity contribution in [1.29, 1.82) is 0 Å². The van der Waals surface area contributed by atoms with Crippen LogP contribution < -0.4 is 14.8 Å². The minimum absolute atomic E-state index is 0.245. The Morgan fingerprint density at radius 3 is 2.57 bits per heavy atom. The Bertz CT molecular complexity index is 531. The molecule has 0 radical (unpaired) electrons. The Hall–Kier alpha value is -2.04. The maximum atomic E-state index is 9.90. The molecule has 1 atom stereocenters. The van der Waals surface area contributed by atoms with Gasteiger partial charge in [0.1, 0.15) is 24.2 Å². The van der Waals surface area contributed by atoms with E-state index < -0.39 is 6.10 Å². The van der Waals surface area contributed by atoms with Crippen molar-refractivity contribution in [2.75, 3.05) is 20.3 Å². The minimum Gasteiger partial charge on any atom is -0.497 e. The standard InChI is InChI=1S/C17H21NO3/c1-20-16-8-5-9-17(10-16)21-13-15(19)12-18-11-14-6-3-2-4-7-14/h2-10,15,18-19H,11-13H2,1H3. The molecule has 0 spiro atoms. The maximum Gasteiger partial charge on any atom is 0.123 e. The number of aliphatic hydroxyl groups is 1. The van der Waals surface area contributed by atoms with Gasteiger partial charge in [0.25, 0.3) is 0 Å². The van der Waals surface area contributed by atoms with E-state index >= 15 is 0 Å². The van der Waals surface area contributed by atoms with E-state index in [1.807, 2.05) is 48.5 Å². The van der Waals surface area contributed by atoms with Crippen LogP contribution in [0.15, 0.2) is 54.6 Å². The van der Waals surface area contributed by atoms with Crippen LogP contribution in [0.3, 0.4) is 0 Å². The number of aliphatic hydroxyl groups excluding tert-OH is 1. The normalized spacial score (nSPS) is 11.9. The van der Waals surface area contributed by atoms with Crippen molar-refractivity contribution in [1.82, 2.24) is 5.32 Å². The van der Waals surface area contributed by atoms with Gasteiger partial charge in [0.05, 0.1) is 7.11 Å². The number of benzene rings is 2. The molecule has 0 aromatic heterocycles. The van der Waals surface area contributed by atoms with Crippen molar-refractivity contribution in [3.63, 3.8) is 0 Å². The molecule has 0 aliphatic rings. The zero-order chi connectivity index (χ0) is 14.9. The quantitative estimate of drug-likeness (QED) is 0.781. The van der Waals surface area contributed by atoms with Gasteiger partial charge in [0, 0.05) is 19.2 Å². The van der Waals surface area contributed by atoms with Crippen LogP contribution in [0.4, 0.5) is 0 Å². The van der Waals surface area contributed by atoms with Gasteiger partial charge in [-0.25, -0.2) is 0 Å². The van der Waals surface area contributed by atoms with Crippen LogP contribution >= 0.6 is 0 Å². The Labute approximate surface area is 125 Å². The fourth-order valence-electron chi connectivity index (χ4n) is 1.92. The zero-order valence-corrected chi connectivity index (χ0v) is 12.2. The van der Waals surface area contributed by atoms with Crippen LogP contribution in [0, 0.1) is 0 Å². The average Bonchev–Trinajstić information content (AvgIpc) is 2.54. The molecule has 0 aliphatic carbocycles. The molecule has 2 aromatic carbocycles. The molecule has 2 aromatic rings. The lowest BCUT2D eigenvalue weighted by Crippen LogP contribution is -2.31. The highest BCUT2D eigenvalue weighted by atomic mass is 16.5. The van der Waals surface area contributed by atoms with Gasteiger partial charge in [-0.2, -0.15) is 0 Å². The van der Waals surface area contributed by atoms with Crippen LogP contribution in [-0.2, 0) is 6.54 Å². The summed E-state index contributed by atoms with van der Waals surface area (Å²) < 4.78 is 10.7. The molecule has 4 nitrogen and oxygen atoms in total. The Morgan fingerprint density at radius 2 is 1.81 bits per heavy atom. The molecule has 0 saturated carbocycles. The molecule has 0 saturated heterocycles. The highest BCUT2D eigenvalue weighted by Gasteiger charge is 2.05. The average molecular weight is 287 g/mol. The summed E-state index contributed by atoms with van der Waals surface area (Å²) in [6.45, 7) is 1.46. The van der Waals surface area contributed by atoms with E-state index in [2.05, 4.69) is 5.32 Å². The first-order chi connectivity index (χ1) is 10.3. The summed E-state index contributed by atoms with van der Waals surface area (Å²) in [4.78, 5) is 0. The Balaban J connectivity index is 1.68. The summed E-state index contributed by atoms with van der Waals surface area (Å²) in [7, 11) is 1.61. The van der Waals surface area contributed by atoms with Gasteiger partial charge in [-0.3, -0.25) is 0 Å². The molecule has 2 N–H and O–H groups in total. The van der Waals surface area contributed by atoms with E-state index in [1.165, 1.54) is 5.56 Å². The third-order valence-electron chi connectivity index (χ3n) is 3.04. The van der Waals surface area contributed by atoms with E-state index in [-0.39, 0.29) is 6.61 Å². The van der Waals surface area contributed by atoms with Crippen molar-refractivity contribution in [2.24, 2.45) is 0 Å². The lowest BCUT2D eigenvalue weighted by Gasteiger charge is -2.13. The number of nitrogens with one attached hydrogen (secondary N) is 1. The van der Waals surface area contributed by atoms with Crippen molar-refractivity contribution >= 4 is 0 Å². The van der Waals surface area contributed by atoms with Gasteiger partial charge in [0.15, 0.2) is 0 Å². The fourth-order valence-corrected chi connectivity index (χ4v) is 1.92. The number of methoxy groups -OCH3 is 1. The smallest absolute Gasteiger partial charge is 0.123 e. The van der Waals surface area contributed by atoms with Gasteiger partial charge in [-0.05, 0) is 17.7 Å². The summed E-state index contributed by atoms with van der Waals surface area (Å²) in [5, 5.41) is 13.1. The SMILES string of the molecule is COc1cccc(OCC(O)CNCc2ccccc2)c1. The topological polar surface area (TPSA) is 50.7 Å². The molecule has 0 fully saturated rings. The van der Waals surface area contributed by atoms with Crippen LogP contribution in [-0.4, -0.2) is 31.5 Å². The monoisotopic (exact) mass is 287 g/mol. The predicted molar refractivity (Wildman–Crippen MR) is 82.6 cm³/mol. The van der Waals surface area contributed by atoms with Gasteiger partial charge < -0.3 is 19.9 Å². The third kappa shape index (κ3) is 5.45. The second-order valence-corrected chi connectivity index (χ2v) is 4.76. The molecule has 4 heteroatoms. The molecule has 0 aliphatic heterocycles. The van der Waals surface area contributed by atoms with E-state index in [9.17, 15) is 5.11 Å². The molecule has 112 valence electrons. The van der Waals surface area contributed by atoms with Crippen LogP contribution in [0.2, 0.25) is 0 Å². The second-order valence-electron chi connectivity index (χ2n) is 4.76. The zero-order valence-electron chi connectivity index (χ0n) is 12.2. The highest BCUT2D eigenvalue weighted by molar-refractivity contribution is 5.32. The van der Waals surface area contributed by atoms with Crippen LogP contribution in [0.25, 0.3) is 0 Å². The van der Waals surface area contributed by atoms with Gasteiger partial charge in [0.2, 0.25) is 0 Å². The van der Waals surface area contributed by atoms with Gasteiger partial charge in [-0.1, -0.05) is 36.4 Å². The largest absolute Gasteiger partial charge is 0.497 e. The Kier molecular flexibility index (Phi) is 6.06. The molecule has 1 unspecified atom stereocenters. The molecule has 2 rings (SSSR count). The van der Waals surface area contributed by atoms with Crippen LogP contribution in [0.1, 0.15) is 5.56 Å². The molecule has 0 heterocycles. The van der Waals surface area contributed by atoms with Crippen molar-refractivity contribution in [2.45, 2.75) is 12.6 Å². The first-order valence-electron chi connectivity index (χ1n) is 6.97. The number of rotatable bonds is 8. The van der Waals surface area contributed by atoms with Crippen molar-refractivity contribution in [3.8, 4) is 11.5 Å². The first-order valence-corrected chi connectivity index (χ1v) is 6.97. The first kappa shape index (κ1) is 15.4. The van der Waals surface area contributed by atoms with Crippen LogP contribution in [0.5, 0.6) is 11.5 Å². The van der Waals surface area contributed by atoms with Gasteiger partial charge in [-0.15, -0.1) is 0 Å². The summed E-state index contributed by atoms with van der Waals surface area (Å²) >= 11 is 0. The summed E-state index contributed by atoms with van der Waals surface area (Å²) in [6.07, 6.45) is -0.556. The van der Waals surface area contributed by atoms with E-state index in [0.717, 1.165) is 12.3 Å². The lowest BCUT2D eigenvalue weighted by molar-refractivity contribution is 0.106. The maximum absolute atomic E-state index is 9.90. The summed E-state index contributed by atoms with van der Waals surface area (Å²) in [6, 6.07) is 17.4. The highest BCUT2D eigenvalue weighted by Crippen LogP contribution is 2.18. The molecule has 0 amide bonds. The fraction of sp³-hybridized carbons (Fsp3) is 0.294. The van der Waals surface area contributed by atoms with Crippen molar-refractivity contribution < 1.29 is 14.6 Å². The van der Waals surface area contributed by atoms with Gasteiger partial charge >= 0.3 is 0 Å². The van der Waals surface area contributed by atoms with Crippen molar-refractivity contribution in [3.05, 3.63) is 60.2 Å². The molecule has 21 heavy (non-hydrogen) atoms. The predicted octanol–water partition coefficient (Wildman–Crippen LogP) is 2.22. The number of hydrogen-bond acceptors (Lipinski definition) is 4.